The van der Waals surface area contributed by atoms with Crippen molar-refractivity contribution in [3.05, 3.63) is 93.3 Å². The molecule has 0 saturated heterocycles. The minimum atomic E-state index is -0.446. The Balaban J connectivity index is 1.70. The van der Waals surface area contributed by atoms with Crippen LogP contribution >= 0.6 is 0 Å². The quantitative estimate of drug-likeness (QED) is 0.358. The summed E-state index contributed by atoms with van der Waals surface area (Å²) >= 11 is 0. The number of carbonyl (C=O) groups excluding carboxylic acids is 1. The average Bonchev–Trinajstić information content (AvgIpc) is 3.11. The van der Waals surface area contributed by atoms with E-state index in [2.05, 4.69) is 30.9 Å². The first-order valence-corrected chi connectivity index (χ1v) is 11.9. The van der Waals surface area contributed by atoms with Gasteiger partial charge in [-0.25, -0.2) is 0 Å². The standard InChI is InChI=1S/C29H30N2O3/c1-18(2)19-10-12-21(13-11-19)25-24-26(32)23-15-14-20-8-5-6-9-22(20)27(23)34-28(24)29(33)31(25)17-7-16-30(3)4/h5-6,8-15,18,25H,7,16-17H2,1-4H3. The van der Waals surface area contributed by atoms with Crippen molar-refractivity contribution in [2.24, 2.45) is 0 Å². The molecule has 4 aromatic rings. The SMILES string of the molecule is CC(C)c1ccc(C2c3c(oc4c(ccc5ccccc54)c3=O)C(=O)N2CCCN(C)C)cc1. The van der Waals surface area contributed by atoms with Crippen molar-refractivity contribution >= 4 is 27.6 Å². The Morgan fingerprint density at radius 1 is 0.941 bits per heavy atom. The van der Waals surface area contributed by atoms with Crippen molar-refractivity contribution in [1.29, 1.82) is 0 Å². The minimum absolute atomic E-state index is 0.122. The zero-order chi connectivity index (χ0) is 24.0. The Morgan fingerprint density at radius 2 is 1.68 bits per heavy atom. The molecular formula is C29H30N2O3. The van der Waals surface area contributed by atoms with Gasteiger partial charge in [0.2, 0.25) is 5.76 Å². The maximum absolute atomic E-state index is 13.8. The topological polar surface area (TPSA) is 53.8 Å². The predicted molar refractivity (Wildman–Crippen MR) is 137 cm³/mol. The van der Waals surface area contributed by atoms with E-state index in [0.29, 0.717) is 29.0 Å². The van der Waals surface area contributed by atoms with Crippen LogP contribution in [0.4, 0.5) is 0 Å². The van der Waals surface area contributed by atoms with Crippen molar-refractivity contribution in [3.63, 3.8) is 0 Å². The Kier molecular flexibility index (Phi) is 5.74. The lowest BCUT2D eigenvalue weighted by Gasteiger charge is -2.26. The number of amides is 1. The minimum Gasteiger partial charge on any atom is -0.450 e. The molecule has 0 fully saturated rings. The normalized spacial score (nSPS) is 15.8. The van der Waals surface area contributed by atoms with E-state index < -0.39 is 6.04 Å². The molecule has 0 saturated carbocycles. The van der Waals surface area contributed by atoms with Gasteiger partial charge in [0.25, 0.3) is 5.91 Å². The maximum atomic E-state index is 13.8. The second-order valence-electron chi connectivity index (χ2n) is 9.72. The summed E-state index contributed by atoms with van der Waals surface area (Å²) in [7, 11) is 4.04. The molecule has 1 unspecified atom stereocenters. The first-order chi connectivity index (χ1) is 16.4. The predicted octanol–water partition coefficient (Wildman–Crippen LogP) is 5.57. The summed E-state index contributed by atoms with van der Waals surface area (Å²) < 4.78 is 6.28. The van der Waals surface area contributed by atoms with Crippen LogP contribution in [0, 0.1) is 0 Å². The molecule has 5 nitrogen and oxygen atoms in total. The van der Waals surface area contributed by atoms with Crippen LogP contribution in [-0.4, -0.2) is 42.9 Å². The summed E-state index contributed by atoms with van der Waals surface area (Å²) in [6, 6.07) is 19.4. The summed E-state index contributed by atoms with van der Waals surface area (Å²) in [5.74, 6) is 0.375. The molecule has 3 aromatic carbocycles. The number of rotatable bonds is 6. The summed E-state index contributed by atoms with van der Waals surface area (Å²) in [5, 5.41) is 2.34. The fraction of sp³-hybridized carbons (Fsp3) is 0.310. The third-order valence-electron chi connectivity index (χ3n) is 6.78. The highest BCUT2D eigenvalue weighted by molar-refractivity contribution is 6.06. The van der Waals surface area contributed by atoms with Crippen LogP contribution < -0.4 is 5.43 Å². The highest BCUT2D eigenvalue weighted by Crippen LogP contribution is 2.39. The van der Waals surface area contributed by atoms with Gasteiger partial charge in [0.15, 0.2) is 5.43 Å². The van der Waals surface area contributed by atoms with Crippen LogP contribution in [0.15, 0.2) is 69.9 Å². The van der Waals surface area contributed by atoms with Gasteiger partial charge >= 0.3 is 0 Å². The molecule has 1 aliphatic heterocycles. The Bertz CT molecular complexity index is 1430. The van der Waals surface area contributed by atoms with E-state index in [4.69, 9.17) is 4.42 Å². The third kappa shape index (κ3) is 3.70. The van der Waals surface area contributed by atoms with Crippen LogP contribution in [0.2, 0.25) is 0 Å². The summed E-state index contributed by atoms with van der Waals surface area (Å²) in [5.41, 5.74) is 2.98. The lowest BCUT2D eigenvalue weighted by molar-refractivity contribution is 0.0722. The second kappa shape index (κ2) is 8.73. The van der Waals surface area contributed by atoms with Crippen molar-refractivity contribution in [1.82, 2.24) is 9.80 Å². The fourth-order valence-electron chi connectivity index (χ4n) is 4.95. The van der Waals surface area contributed by atoms with E-state index in [-0.39, 0.29) is 17.1 Å². The fourth-order valence-corrected chi connectivity index (χ4v) is 4.95. The molecule has 0 aliphatic carbocycles. The Morgan fingerprint density at radius 3 is 2.38 bits per heavy atom. The van der Waals surface area contributed by atoms with E-state index in [1.165, 1.54) is 5.56 Å². The first-order valence-electron chi connectivity index (χ1n) is 11.9. The van der Waals surface area contributed by atoms with E-state index in [1.807, 2.05) is 67.5 Å². The lowest BCUT2D eigenvalue weighted by Crippen LogP contribution is -2.32. The molecule has 174 valence electrons. The van der Waals surface area contributed by atoms with Crippen LogP contribution in [0.25, 0.3) is 21.7 Å². The van der Waals surface area contributed by atoms with Gasteiger partial charge in [0.05, 0.1) is 17.0 Å². The largest absolute Gasteiger partial charge is 0.450 e. The van der Waals surface area contributed by atoms with Gasteiger partial charge in [0.1, 0.15) is 5.58 Å². The highest BCUT2D eigenvalue weighted by Gasteiger charge is 2.42. The molecule has 0 bridgehead atoms. The van der Waals surface area contributed by atoms with Crippen LogP contribution in [-0.2, 0) is 0 Å². The molecule has 2 heterocycles. The Hall–Kier alpha value is -3.44. The van der Waals surface area contributed by atoms with Gasteiger partial charge in [-0.05, 0) is 55.6 Å². The summed E-state index contributed by atoms with van der Waals surface area (Å²) in [6.07, 6.45) is 0.809. The molecule has 0 spiro atoms. The van der Waals surface area contributed by atoms with Crippen LogP contribution in [0.3, 0.4) is 0 Å². The third-order valence-corrected chi connectivity index (χ3v) is 6.78. The zero-order valence-electron chi connectivity index (χ0n) is 20.2. The summed E-state index contributed by atoms with van der Waals surface area (Å²) in [6.45, 7) is 5.71. The lowest BCUT2D eigenvalue weighted by atomic mass is 9.95. The number of fused-ring (bicyclic) bond motifs is 4. The van der Waals surface area contributed by atoms with E-state index in [0.717, 1.165) is 29.3 Å². The van der Waals surface area contributed by atoms with Gasteiger partial charge in [-0.3, -0.25) is 9.59 Å². The highest BCUT2D eigenvalue weighted by atomic mass is 16.3. The molecule has 1 aliphatic rings. The van der Waals surface area contributed by atoms with E-state index in [1.54, 1.807) is 0 Å². The molecule has 1 aromatic heterocycles. The van der Waals surface area contributed by atoms with Crippen molar-refractivity contribution in [2.45, 2.75) is 32.2 Å². The van der Waals surface area contributed by atoms with Gasteiger partial charge in [-0.2, -0.15) is 0 Å². The second-order valence-corrected chi connectivity index (χ2v) is 9.72. The van der Waals surface area contributed by atoms with Gasteiger partial charge in [-0.1, -0.05) is 68.4 Å². The van der Waals surface area contributed by atoms with E-state index >= 15 is 0 Å². The Labute approximate surface area is 199 Å². The molecule has 34 heavy (non-hydrogen) atoms. The molecule has 5 rings (SSSR count). The zero-order valence-corrected chi connectivity index (χ0v) is 20.2. The molecule has 0 N–H and O–H groups in total. The number of benzene rings is 3. The van der Waals surface area contributed by atoms with Crippen molar-refractivity contribution in [3.8, 4) is 0 Å². The smallest absolute Gasteiger partial charge is 0.290 e. The maximum Gasteiger partial charge on any atom is 0.290 e. The molecule has 5 heteroatoms. The van der Waals surface area contributed by atoms with Gasteiger partial charge in [0, 0.05) is 11.9 Å². The molecule has 0 radical (unpaired) electrons. The number of hydrogen-bond donors (Lipinski definition) is 0. The average molecular weight is 455 g/mol. The number of nitrogens with zero attached hydrogens (tertiary/aromatic N) is 2. The van der Waals surface area contributed by atoms with E-state index in [9.17, 15) is 9.59 Å². The first kappa shape index (κ1) is 22.4. The molecule has 1 amide bonds. The van der Waals surface area contributed by atoms with Crippen molar-refractivity contribution in [2.75, 3.05) is 27.2 Å². The number of hydrogen-bond acceptors (Lipinski definition) is 4. The van der Waals surface area contributed by atoms with Crippen LogP contribution in [0.5, 0.6) is 0 Å². The molecule has 1 atom stereocenters. The van der Waals surface area contributed by atoms with Crippen LogP contribution in [0.1, 0.15) is 59.5 Å². The van der Waals surface area contributed by atoms with Gasteiger partial charge < -0.3 is 14.2 Å². The molecular weight excluding hydrogens is 424 g/mol. The summed E-state index contributed by atoms with van der Waals surface area (Å²) in [4.78, 5) is 31.4. The van der Waals surface area contributed by atoms with Gasteiger partial charge in [-0.15, -0.1) is 0 Å². The van der Waals surface area contributed by atoms with Crippen molar-refractivity contribution < 1.29 is 9.21 Å². The number of carbonyl (C=O) groups is 1. The monoisotopic (exact) mass is 454 g/mol.